The SMILES string of the molecule is CCOC(=O)C1(C=C(C)C=O)CC1(C)C. The van der Waals surface area contributed by atoms with Gasteiger partial charge in [0.1, 0.15) is 6.29 Å². The van der Waals surface area contributed by atoms with Crippen molar-refractivity contribution >= 4 is 12.3 Å². The predicted molar refractivity (Wildman–Crippen MR) is 57.3 cm³/mol. The van der Waals surface area contributed by atoms with E-state index in [2.05, 4.69) is 0 Å². The molecule has 0 radical (unpaired) electrons. The molecule has 1 aliphatic carbocycles. The molecule has 0 spiro atoms. The number of aldehydes is 1. The first-order valence-electron chi connectivity index (χ1n) is 5.21. The largest absolute Gasteiger partial charge is 0.465 e. The molecule has 1 unspecified atom stereocenters. The van der Waals surface area contributed by atoms with Crippen LogP contribution in [0.5, 0.6) is 0 Å². The van der Waals surface area contributed by atoms with Gasteiger partial charge in [-0.1, -0.05) is 19.9 Å². The average Bonchev–Trinajstić information content (AvgIpc) is 2.70. The monoisotopic (exact) mass is 210 g/mol. The van der Waals surface area contributed by atoms with E-state index in [0.29, 0.717) is 12.2 Å². The molecule has 15 heavy (non-hydrogen) atoms. The first kappa shape index (κ1) is 12.0. The number of ether oxygens (including phenoxy) is 1. The molecule has 1 fully saturated rings. The Morgan fingerprint density at radius 2 is 2.00 bits per heavy atom. The Balaban J connectivity index is 2.94. The van der Waals surface area contributed by atoms with E-state index in [9.17, 15) is 9.59 Å². The van der Waals surface area contributed by atoms with Crippen molar-refractivity contribution in [3.8, 4) is 0 Å². The molecule has 0 amide bonds. The molecule has 0 bridgehead atoms. The Labute approximate surface area is 90.5 Å². The smallest absolute Gasteiger partial charge is 0.316 e. The van der Waals surface area contributed by atoms with Crippen molar-refractivity contribution in [2.75, 3.05) is 6.61 Å². The first-order valence-corrected chi connectivity index (χ1v) is 5.21. The molecular formula is C12H18O3. The molecule has 0 aromatic carbocycles. The van der Waals surface area contributed by atoms with Crippen LogP contribution in [0.2, 0.25) is 0 Å². The van der Waals surface area contributed by atoms with Crippen LogP contribution < -0.4 is 0 Å². The van der Waals surface area contributed by atoms with Crippen molar-refractivity contribution in [2.45, 2.75) is 34.1 Å². The maximum Gasteiger partial charge on any atom is 0.316 e. The number of carbonyl (C=O) groups is 2. The van der Waals surface area contributed by atoms with Crippen LogP contribution in [0.4, 0.5) is 0 Å². The summed E-state index contributed by atoms with van der Waals surface area (Å²) in [6.45, 7) is 7.90. The van der Waals surface area contributed by atoms with Crippen molar-refractivity contribution in [1.82, 2.24) is 0 Å². The Hall–Kier alpha value is -1.12. The fraction of sp³-hybridized carbons (Fsp3) is 0.667. The highest BCUT2D eigenvalue weighted by Gasteiger charge is 2.65. The lowest BCUT2D eigenvalue weighted by atomic mass is 9.94. The van der Waals surface area contributed by atoms with E-state index in [1.54, 1.807) is 19.9 Å². The lowest BCUT2D eigenvalue weighted by Gasteiger charge is -2.15. The zero-order valence-corrected chi connectivity index (χ0v) is 9.79. The zero-order chi connectivity index (χ0) is 11.7. The second-order valence-corrected chi connectivity index (χ2v) is 4.76. The summed E-state index contributed by atoms with van der Waals surface area (Å²) in [6, 6.07) is 0. The van der Waals surface area contributed by atoms with Gasteiger partial charge in [-0.3, -0.25) is 9.59 Å². The quantitative estimate of drug-likeness (QED) is 0.405. The molecular weight excluding hydrogens is 192 g/mol. The van der Waals surface area contributed by atoms with Crippen LogP contribution in [-0.2, 0) is 14.3 Å². The van der Waals surface area contributed by atoms with E-state index in [1.165, 1.54) is 0 Å². The summed E-state index contributed by atoms with van der Waals surface area (Å²) in [5, 5.41) is 0. The van der Waals surface area contributed by atoms with Gasteiger partial charge in [0.05, 0.1) is 12.0 Å². The van der Waals surface area contributed by atoms with Crippen molar-refractivity contribution in [2.24, 2.45) is 10.8 Å². The molecule has 1 rings (SSSR count). The van der Waals surface area contributed by atoms with E-state index >= 15 is 0 Å². The highest BCUT2D eigenvalue weighted by Crippen LogP contribution is 2.65. The lowest BCUT2D eigenvalue weighted by molar-refractivity contribution is -0.148. The van der Waals surface area contributed by atoms with Crippen molar-refractivity contribution in [3.05, 3.63) is 11.6 Å². The van der Waals surface area contributed by atoms with E-state index in [-0.39, 0.29) is 11.4 Å². The van der Waals surface area contributed by atoms with Crippen molar-refractivity contribution in [3.63, 3.8) is 0 Å². The molecule has 0 aliphatic heterocycles. The van der Waals surface area contributed by atoms with Gasteiger partial charge >= 0.3 is 5.97 Å². The fourth-order valence-electron chi connectivity index (χ4n) is 1.99. The number of allylic oxidation sites excluding steroid dienone is 1. The maximum atomic E-state index is 11.8. The molecule has 1 saturated carbocycles. The fourth-order valence-corrected chi connectivity index (χ4v) is 1.99. The summed E-state index contributed by atoms with van der Waals surface area (Å²) in [7, 11) is 0. The minimum absolute atomic E-state index is 0.0937. The van der Waals surface area contributed by atoms with Gasteiger partial charge in [-0.2, -0.15) is 0 Å². The van der Waals surface area contributed by atoms with E-state index < -0.39 is 5.41 Å². The molecule has 84 valence electrons. The van der Waals surface area contributed by atoms with Crippen LogP contribution in [0.15, 0.2) is 11.6 Å². The third kappa shape index (κ3) is 1.96. The van der Waals surface area contributed by atoms with E-state index in [4.69, 9.17) is 4.74 Å². The van der Waals surface area contributed by atoms with Gasteiger partial charge in [-0.25, -0.2) is 0 Å². The van der Waals surface area contributed by atoms with Gasteiger partial charge in [0, 0.05) is 0 Å². The summed E-state index contributed by atoms with van der Waals surface area (Å²) in [6.07, 6.45) is 3.28. The molecule has 1 aliphatic rings. The molecule has 0 saturated heterocycles. The second kappa shape index (κ2) is 3.80. The third-order valence-electron chi connectivity index (χ3n) is 3.10. The topological polar surface area (TPSA) is 43.4 Å². The average molecular weight is 210 g/mol. The normalized spacial score (nSPS) is 28.4. The molecule has 3 heteroatoms. The van der Waals surface area contributed by atoms with Gasteiger partial charge in [0.2, 0.25) is 0 Å². The lowest BCUT2D eigenvalue weighted by Crippen LogP contribution is -2.22. The minimum atomic E-state index is -0.575. The van der Waals surface area contributed by atoms with Crippen LogP contribution in [-0.4, -0.2) is 18.9 Å². The van der Waals surface area contributed by atoms with Crippen LogP contribution in [0.3, 0.4) is 0 Å². The Bertz CT molecular complexity index is 315. The van der Waals surface area contributed by atoms with Gasteiger partial charge in [-0.15, -0.1) is 0 Å². The Morgan fingerprint density at radius 1 is 1.47 bits per heavy atom. The van der Waals surface area contributed by atoms with Gasteiger partial charge < -0.3 is 4.74 Å². The second-order valence-electron chi connectivity index (χ2n) is 4.76. The summed E-state index contributed by atoms with van der Waals surface area (Å²) in [4.78, 5) is 22.4. The summed E-state index contributed by atoms with van der Waals surface area (Å²) < 4.78 is 5.05. The van der Waals surface area contributed by atoms with Gasteiger partial charge in [0.15, 0.2) is 0 Å². The minimum Gasteiger partial charge on any atom is -0.465 e. The Morgan fingerprint density at radius 3 is 2.33 bits per heavy atom. The zero-order valence-electron chi connectivity index (χ0n) is 9.79. The number of hydrogen-bond donors (Lipinski definition) is 0. The summed E-state index contributed by atoms with van der Waals surface area (Å²) >= 11 is 0. The summed E-state index contributed by atoms with van der Waals surface area (Å²) in [5.74, 6) is -0.212. The van der Waals surface area contributed by atoms with Crippen LogP contribution in [0.1, 0.15) is 34.1 Å². The molecule has 0 aromatic rings. The molecule has 3 nitrogen and oxygen atoms in total. The molecule has 0 heterocycles. The van der Waals surface area contributed by atoms with Gasteiger partial charge in [0.25, 0.3) is 0 Å². The van der Waals surface area contributed by atoms with Crippen LogP contribution in [0.25, 0.3) is 0 Å². The highest BCUT2D eigenvalue weighted by atomic mass is 16.5. The number of rotatable bonds is 4. The standard InChI is InChI=1S/C12H18O3/c1-5-15-10(14)12(6-9(2)7-13)8-11(12,3)4/h6-7H,5,8H2,1-4H3. The maximum absolute atomic E-state index is 11.8. The van der Waals surface area contributed by atoms with Crippen LogP contribution in [0, 0.1) is 10.8 Å². The molecule has 0 aromatic heterocycles. The van der Waals surface area contributed by atoms with Gasteiger partial charge in [-0.05, 0) is 31.3 Å². The predicted octanol–water partition coefficient (Wildman–Crippen LogP) is 2.11. The van der Waals surface area contributed by atoms with Crippen molar-refractivity contribution in [1.29, 1.82) is 0 Å². The van der Waals surface area contributed by atoms with E-state index in [1.807, 2.05) is 13.8 Å². The Kier molecular flexibility index (Phi) is 3.03. The van der Waals surface area contributed by atoms with E-state index in [0.717, 1.165) is 12.7 Å². The van der Waals surface area contributed by atoms with Crippen LogP contribution >= 0.6 is 0 Å². The molecule has 0 N–H and O–H groups in total. The summed E-state index contributed by atoms with van der Waals surface area (Å²) in [5.41, 5.74) is -0.0778. The number of esters is 1. The third-order valence-corrected chi connectivity index (χ3v) is 3.10. The highest BCUT2D eigenvalue weighted by molar-refractivity contribution is 5.86. The molecule has 1 atom stereocenters. The van der Waals surface area contributed by atoms with Crippen molar-refractivity contribution < 1.29 is 14.3 Å². The number of hydrogen-bond acceptors (Lipinski definition) is 3. The first-order chi connectivity index (χ1) is 6.89. The number of carbonyl (C=O) groups excluding carboxylic acids is 2.